The van der Waals surface area contributed by atoms with E-state index < -0.39 is 12.1 Å². The monoisotopic (exact) mass is 289 g/mol. The summed E-state index contributed by atoms with van der Waals surface area (Å²) < 4.78 is 0. The van der Waals surface area contributed by atoms with Gasteiger partial charge in [0.25, 0.3) is 0 Å². The Kier molecular flexibility index (Phi) is 7.01. The Morgan fingerprint density at radius 3 is 2.63 bits per heavy atom. The molecule has 19 heavy (non-hydrogen) atoms. The van der Waals surface area contributed by atoms with Crippen LogP contribution in [0.1, 0.15) is 25.7 Å². The minimum absolute atomic E-state index is 0.0614. The fraction of sp³-hybridized carbons (Fsp3) is 0.833. The van der Waals surface area contributed by atoms with Crippen molar-refractivity contribution in [2.24, 2.45) is 5.73 Å². The quantitative estimate of drug-likeness (QED) is 0.592. The van der Waals surface area contributed by atoms with Crippen LogP contribution < -0.4 is 11.1 Å². The number of hydrogen-bond donors (Lipinski definition) is 3. The van der Waals surface area contributed by atoms with Crippen LogP contribution in [0.25, 0.3) is 0 Å². The van der Waals surface area contributed by atoms with Gasteiger partial charge in [0.15, 0.2) is 0 Å². The van der Waals surface area contributed by atoms with Gasteiger partial charge in [-0.3, -0.25) is 4.79 Å². The van der Waals surface area contributed by atoms with Crippen LogP contribution in [0.15, 0.2) is 0 Å². The molecule has 0 aromatic rings. The minimum Gasteiger partial charge on any atom is -0.395 e. The predicted octanol–water partition coefficient (Wildman–Crippen LogP) is 0.150. The van der Waals surface area contributed by atoms with Gasteiger partial charge in [0, 0.05) is 12.6 Å². The number of carbonyl (C=O) groups is 2. The standard InChI is InChI=1S/C12H23N3O3S/c1-19-8-5-10(14-12(13)18)11(17)15(6-7-16)9-3-2-4-9/h9-10,16H,2-8H2,1H3,(H3,13,14,18). The highest BCUT2D eigenvalue weighted by Crippen LogP contribution is 2.25. The Labute approximate surface area is 118 Å². The van der Waals surface area contributed by atoms with Crippen LogP contribution >= 0.6 is 11.8 Å². The summed E-state index contributed by atoms with van der Waals surface area (Å²) in [5, 5.41) is 11.6. The molecule has 1 fully saturated rings. The van der Waals surface area contributed by atoms with Gasteiger partial charge in [-0.15, -0.1) is 0 Å². The first kappa shape index (κ1) is 16.1. The van der Waals surface area contributed by atoms with E-state index in [1.54, 1.807) is 16.7 Å². The summed E-state index contributed by atoms with van der Waals surface area (Å²) >= 11 is 1.62. The summed E-state index contributed by atoms with van der Waals surface area (Å²) in [7, 11) is 0. The topological polar surface area (TPSA) is 95.7 Å². The number of thioether (sulfide) groups is 1. The summed E-state index contributed by atoms with van der Waals surface area (Å²) in [6.45, 7) is 0.258. The second-order valence-electron chi connectivity index (χ2n) is 4.68. The van der Waals surface area contributed by atoms with Crippen molar-refractivity contribution in [3.05, 3.63) is 0 Å². The highest BCUT2D eigenvalue weighted by Gasteiger charge is 2.32. The molecule has 3 amide bonds. The molecule has 1 aliphatic carbocycles. The lowest BCUT2D eigenvalue weighted by molar-refractivity contribution is -0.138. The molecule has 7 heteroatoms. The zero-order valence-electron chi connectivity index (χ0n) is 11.3. The Morgan fingerprint density at radius 2 is 2.21 bits per heavy atom. The number of primary amides is 1. The molecule has 0 radical (unpaired) electrons. The number of amides is 3. The molecule has 1 rings (SSSR count). The van der Waals surface area contributed by atoms with Crippen LogP contribution in [0.3, 0.4) is 0 Å². The van der Waals surface area contributed by atoms with Gasteiger partial charge in [0.1, 0.15) is 6.04 Å². The number of carbonyl (C=O) groups excluding carboxylic acids is 2. The molecule has 4 N–H and O–H groups in total. The van der Waals surface area contributed by atoms with E-state index in [2.05, 4.69) is 5.32 Å². The molecule has 1 saturated carbocycles. The van der Waals surface area contributed by atoms with Gasteiger partial charge in [0.2, 0.25) is 5.91 Å². The molecule has 0 aliphatic heterocycles. The first-order chi connectivity index (χ1) is 9.10. The van der Waals surface area contributed by atoms with Gasteiger partial charge >= 0.3 is 6.03 Å². The molecule has 0 aromatic carbocycles. The van der Waals surface area contributed by atoms with E-state index >= 15 is 0 Å². The van der Waals surface area contributed by atoms with Crippen LogP contribution in [0.5, 0.6) is 0 Å². The Morgan fingerprint density at radius 1 is 1.53 bits per heavy atom. The molecule has 0 bridgehead atoms. The van der Waals surface area contributed by atoms with E-state index in [4.69, 9.17) is 10.8 Å². The number of aliphatic hydroxyl groups excluding tert-OH is 1. The van der Waals surface area contributed by atoms with E-state index in [9.17, 15) is 9.59 Å². The van der Waals surface area contributed by atoms with Crippen LogP contribution in [0, 0.1) is 0 Å². The van der Waals surface area contributed by atoms with Crippen LogP contribution in [-0.4, -0.2) is 59.2 Å². The summed E-state index contributed by atoms with van der Waals surface area (Å²) in [6.07, 6.45) is 5.55. The summed E-state index contributed by atoms with van der Waals surface area (Å²) in [5.41, 5.74) is 5.12. The fourth-order valence-corrected chi connectivity index (χ4v) is 2.62. The summed E-state index contributed by atoms with van der Waals surface area (Å²) in [5.74, 6) is 0.639. The van der Waals surface area contributed by atoms with Crippen molar-refractivity contribution in [1.29, 1.82) is 0 Å². The molecule has 6 nitrogen and oxygen atoms in total. The Hall–Kier alpha value is -0.950. The van der Waals surface area contributed by atoms with E-state index in [0.29, 0.717) is 13.0 Å². The molecule has 110 valence electrons. The molecule has 0 saturated heterocycles. The van der Waals surface area contributed by atoms with E-state index in [-0.39, 0.29) is 18.6 Å². The number of aliphatic hydroxyl groups is 1. The van der Waals surface area contributed by atoms with E-state index in [0.717, 1.165) is 25.0 Å². The SMILES string of the molecule is CSCCC(NC(N)=O)C(=O)N(CCO)C1CCC1. The number of nitrogens with two attached hydrogens (primary N) is 1. The minimum atomic E-state index is -0.683. The molecular weight excluding hydrogens is 266 g/mol. The highest BCUT2D eigenvalue weighted by molar-refractivity contribution is 7.98. The number of nitrogens with zero attached hydrogens (tertiary/aromatic N) is 1. The van der Waals surface area contributed by atoms with Crippen molar-refractivity contribution >= 4 is 23.7 Å². The smallest absolute Gasteiger partial charge is 0.312 e. The third-order valence-corrected chi connectivity index (χ3v) is 4.01. The van der Waals surface area contributed by atoms with Gasteiger partial charge < -0.3 is 21.1 Å². The first-order valence-electron chi connectivity index (χ1n) is 6.56. The maximum absolute atomic E-state index is 12.4. The lowest BCUT2D eigenvalue weighted by Gasteiger charge is -2.39. The number of nitrogens with one attached hydrogen (secondary N) is 1. The average Bonchev–Trinajstić information content (AvgIpc) is 2.30. The molecule has 0 spiro atoms. The van der Waals surface area contributed by atoms with Gasteiger partial charge in [-0.1, -0.05) is 0 Å². The summed E-state index contributed by atoms with van der Waals surface area (Å²) in [6, 6.07) is -1.07. The average molecular weight is 289 g/mol. The zero-order valence-corrected chi connectivity index (χ0v) is 12.1. The lowest BCUT2D eigenvalue weighted by atomic mass is 9.91. The highest BCUT2D eigenvalue weighted by atomic mass is 32.2. The van der Waals surface area contributed by atoms with Crippen molar-refractivity contribution < 1.29 is 14.7 Å². The molecular formula is C12H23N3O3S. The molecule has 1 aliphatic rings. The van der Waals surface area contributed by atoms with Crippen LogP contribution in [0.2, 0.25) is 0 Å². The molecule has 1 unspecified atom stereocenters. The zero-order chi connectivity index (χ0) is 14.3. The van der Waals surface area contributed by atoms with Crippen molar-refractivity contribution in [2.45, 2.75) is 37.8 Å². The molecule has 0 aromatic heterocycles. The fourth-order valence-electron chi connectivity index (χ4n) is 2.14. The normalized spacial score (nSPS) is 16.5. The van der Waals surface area contributed by atoms with Crippen molar-refractivity contribution in [2.75, 3.05) is 25.2 Å². The maximum Gasteiger partial charge on any atom is 0.312 e. The summed E-state index contributed by atoms with van der Waals surface area (Å²) in [4.78, 5) is 25.1. The number of urea groups is 1. The molecule has 0 heterocycles. The van der Waals surface area contributed by atoms with Gasteiger partial charge in [-0.2, -0.15) is 11.8 Å². The Bertz CT molecular complexity index is 311. The largest absolute Gasteiger partial charge is 0.395 e. The first-order valence-corrected chi connectivity index (χ1v) is 7.95. The van der Waals surface area contributed by atoms with E-state index in [1.807, 2.05) is 6.26 Å². The van der Waals surface area contributed by atoms with Crippen molar-refractivity contribution in [1.82, 2.24) is 10.2 Å². The van der Waals surface area contributed by atoms with Crippen LogP contribution in [-0.2, 0) is 4.79 Å². The maximum atomic E-state index is 12.4. The number of hydrogen-bond acceptors (Lipinski definition) is 4. The van der Waals surface area contributed by atoms with Crippen molar-refractivity contribution in [3.8, 4) is 0 Å². The molecule has 1 atom stereocenters. The number of rotatable bonds is 8. The second-order valence-corrected chi connectivity index (χ2v) is 5.67. The van der Waals surface area contributed by atoms with E-state index in [1.165, 1.54) is 0 Å². The van der Waals surface area contributed by atoms with Gasteiger partial charge in [-0.25, -0.2) is 4.79 Å². The third kappa shape index (κ3) is 4.91. The van der Waals surface area contributed by atoms with Gasteiger partial charge in [-0.05, 0) is 37.7 Å². The Balaban J connectivity index is 2.66. The van der Waals surface area contributed by atoms with Crippen molar-refractivity contribution in [3.63, 3.8) is 0 Å². The van der Waals surface area contributed by atoms with Crippen LogP contribution in [0.4, 0.5) is 4.79 Å². The lowest BCUT2D eigenvalue weighted by Crippen LogP contribution is -2.55. The predicted molar refractivity (Wildman–Crippen MR) is 75.9 cm³/mol. The third-order valence-electron chi connectivity index (χ3n) is 3.36. The van der Waals surface area contributed by atoms with Gasteiger partial charge in [0.05, 0.1) is 6.61 Å². The second kappa shape index (κ2) is 8.27.